The van der Waals surface area contributed by atoms with Gasteiger partial charge in [0.15, 0.2) is 0 Å². The Kier molecular flexibility index (Phi) is 2.48. The van der Waals surface area contributed by atoms with Crippen LogP contribution in [-0.2, 0) is 14.3 Å². The zero-order chi connectivity index (χ0) is 6.62. The summed E-state index contributed by atoms with van der Waals surface area (Å²) in [6.07, 6.45) is 0. The highest BCUT2D eigenvalue weighted by atomic mass is 32.2. The molecule has 0 saturated heterocycles. The van der Waals surface area contributed by atoms with Crippen LogP contribution in [-0.4, -0.2) is 15.5 Å². The minimum absolute atomic E-state index is 0.757. The van der Waals surface area contributed by atoms with Crippen molar-refractivity contribution in [2.45, 2.75) is 0 Å². The zero-order valence-corrected chi connectivity index (χ0v) is 5.23. The average molecular weight is 134 g/mol. The standard InChI is InChI=1S/C4H6O3S/c1-3-4-8(5,6)7-2/h4H,1H2,2H3. The highest BCUT2D eigenvalue weighted by Crippen LogP contribution is 1.87. The van der Waals surface area contributed by atoms with Crippen LogP contribution >= 0.6 is 0 Å². The molecule has 0 amide bonds. The second-order valence-electron chi connectivity index (χ2n) is 0.981. The molecule has 0 aromatic carbocycles. The first-order chi connectivity index (χ1) is 3.62. The van der Waals surface area contributed by atoms with Crippen LogP contribution in [0, 0.1) is 0 Å². The van der Waals surface area contributed by atoms with Crippen molar-refractivity contribution in [3.8, 4) is 0 Å². The van der Waals surface area contributed by atoms with Crippen LogP contribution in [0.4, 0.5) is 0 Å². The average Bonchev–Trinajstić information content (AvgIpc) is 1.67. The predicted molar refractivity (Wildman–Crippen MR) is 29.6 cm³/mol. The lowest BCUT2D eigenvalue weighted by Crippen LogP contribution is -1.94. The van der Waals surface area contributed by atoms with Crippen LogP contribution in [0.2, 0.25) is 0 Å². The van der Waals surface area contributed by atoms with Gasteiger partial charge in [0.05, 0.1) is 12.5 Å². The van der Waals surface area contributed by atoms with Crippen LogP contribution in [0.1, 0.15) is 0 Å². The first-order valence-corrected chi connectivity index (χ1v) is 3.26. The molecule has 0 radical (unpaired) electrons. The molecule has 46 valence electrons. The third kappa shape index (κ3) is 2.58. The Morgan fingerprint density at radius 3 is 2.38 bits per heavy atom. The maximum atomic E-state index is 10.2. The highest BCUT2D eigenvalue weighted by molar-refractivity contribution is 7.89. The molecule has 0 heterocycles. The first kappa shape index (κ1) is 7.43. The predicted octanol–water partition coefficient (Wildman–Crippen LogP) is 0.261. The number of hydrogen-bond donors (Lipinski definition) is 0. The molecule has 0 rings (SSSR count). The molecule has 0 aliphatic rings. The van der Waals surface area contributed by atoms with E-state index in [2.05, 4.69) is 16.5 Å². The Labute approximate surface area is 48.4 Å². The van der Waals surface area contributed by atoms with Crippen molar-refractivity contribution >= 4 is 10.1 Å². The van der Waals surface area contributed by atoms with Gasteiger partial charge in [0.2, 0.25) is 0 Å². The van der Waals surface area contributed by atoms with Gasteiger partial charge in [0.25, 0.3) is 10.1 Å². The maximum absolute atomic E-state index is 10.2. The molecule has 8 heavy (non-hydrogen) atoms. The van der Waals surface area contributed by atoms with Gasteiger partial charge in [-0.3, -0.25) is 4.18 Å². The summed E-state index contributed by atoms with van der Waals surface area (Å²) in [7, 11) is -2.40. The van der Waals surface area contributed by atoms with Gasteiger partial charge >= 0.3 is 0 Å². The lowest BCUT2D eigenvalue weighted by molar-refractivity contribution is 0.406. The molecule has 0 saturated carbocycles. The van der Waals surface area contributed by atoms with Gasteiger partial charge < -0.3 is 0 Å². The molecule has 0 unspecified atom stereocenters. The molecule has 0 spiro atoms. The van der Waals surface area contributed by atoms with E-state index >= 15 is 0 Å². The van der Waals surface area contributed by atoms with Crippen molar-refractivity contribution < 1.29 is 12.6 Å². The zero-order valence-electron chi connectivity index (χ0n) is 4.42. The molecule has 0 aromatic rings. The van der Waals surface area contributed by atoms with Gasteiger partial charge in [-0.05, 0) is 0 Å². The van der Waals surface area contributed by atoms with Crippen molar-refractivity contribution in [1.29, 1.82) is 0 Å². The van der Waals surface area contributed by atoms with Gasteiger partial charge in [-0.15, -0.1) is 5.73 Å². The number of rotatable bonds is 2. The van der Waals surface area contributed by atoms with E-state index in [9.17, 15) is 8.42 Å². The summed E-state index contributed by atoms with van der Waals surface area (Å²) < 4.78 is 24.4. The fourth-order valence-corrected chi connectivity index (χ4v) is 0.451. The van der Waals surface area contributed by atoms with Crippen LogP contribution in [0.3, 0.4) is 0 Å². The fraction of sp³-hybridized carbons (Fsp3) is 0.250. The molecule has 0 N–H and O–H groups in total. The van der Waals surface area contributed by atoms with E-state index in [0.717, 1.165) is 12.5 Å². The topological polar surface area (TPSA) is 43.4 Å². The van der Waals surface area contributed by atoms with E-state index in [1.54, 1.807) is 0 Å². The van der Waals surface area contributed by atoms with Gasteiger partial charge in [-0.2, -0.15) is 8.42 Å². The lowest BCUT2D eigenvalue weighted by atomic mass is 11.0. The van der Waals surface area contributed by atoms with Crippen LogP contribution in [0.25, 0.3) is 0 Å². The van der Waals surface area contributed by atoms with E-state index in [0.29, 0.717) is 0 Å². The summed E-state index contributed by atoms with van der Waals surface area (Å²) in [4.78, 5) is 0. The summed E-state index contributed by atoms with van der Waals surface area (Å²) in [6.45, 7) is 3.05. The summed E-state index contributed by atoms with van der Waals surface area (Å²) in [6, 6.07) is 0. The van der Waals surface area contributed by atoms with Crippen molar-refractivity contribution in [2.24, 2.45) is 0 Å². The highest BCUT2D eigenvalue weighted by Gasteiger charge is 1.97. The van der Waals surface area contributed by atoms with Gasteiger partial charge in [0.1, 0.15) is 0 Å². The van der Waals surface area contributed by atoms with E-state index in [-0.39, 0.29) is 0 Å². The Balaban J connectivity index is 4.41. The summed E-state index contributed by atoms with van der Waals surface area (Å²) in [5.74, 6) is 0. The number of hydrogen-bond acceptors (Lipinski definition) is 3. The quantitative estimate of drug-likeness (QED) is 0.402. The monoisotopic (exact) mass is 134 g/mol. The van der Waals surface area contributed by atoms with Gasteiger partial charge in [0, 0.05) is 0 Å². The Morgan fingerprint density at radius 2 is 2.25 bits per heavy atom. The van der Waals surface area contributed by atoms with Gasteiger partial charge in [-0.1, -0.05) is 6.58 Å². The molecule has 4 heteroatoms. The van der Waals surface area contributed by atoms with E-state index in [1.165, 1.54) is 0 Å². The Bertz CT molecular complexity index is 195. The Morgan fingerprint density at radius 1 is 1.75 bits per heavy atom. The molecule has 0 aromatic heterocycles. The largest absolute Gasteiger partial charge is 0.297 e. The molecule has 0 fully saturated rings. The van der Waals surface area contributed by atoms with E-state index in [4.69, 9.17) is 0 Å². The second kappa shape index (κ2) is 2.67. The SMILES string of the molecule is C=C=CS(=O)(=O)OC. The maximum Gasteiger partial charge on any atom is 0.297 e. The molecule has 0 atom stereocenters. The fourth-order valence-electron chi connectivity index (χ4n) is 0.150. The minimum atomic E-state index is -3.47. The summed E-state index contributed by atoms with van der Waals surface area (Å²) in [5, 5.41) is 0.757. The van der Waals surface area contributed by atoms with Crippen LogP contribution in [0.5, 0.6) is 0 Å². The second-order valence-corrected chi connectivity index (χ2v) is 2.54. The normalized spacial score (nSPS) is 10.1. The van der Waals surface area contributed by atoms with Crippen molar-refractivity contribution in [1.82, 2.24) is 0 Å². The third-order valence-corrected chi connectivity index (χ3v) is 1.38. The van der Waals surface area contributed by atoms with Gasteiger partial charge in [-0.25, -0.2) is 0 Å². The van der Waals surface area contributed by atoms with E-state index in [1.807, 2.05) is 0 Å². The minimum Gasteiger partial charge on any atom is -0.270 e. The van der Waals surface area contributed by atoms with Crippen molar-refractivity contribution in [3.05, 3.63) is 17.7 Å². The molecule has 0 aliphatic heterocycles. The van der Waals surface area contributed by atoms with E-state index < -0.39 is 10.1 Å². The van der Waals surface area contributed by atoms with Crippen molar-refractivity contribution in [3.63, 3.8) is 0 Å². The lowest BCUT2D eigenvalue weighted by Gasteiger charge is -1.86. The summed E-state index contributed by atoms with van der Waals surface area (Å²) >= 11 is 0. The molecule has 3 nitrogen and oxygen atoms in total. The van der Waals surface area contributed by atoms with Crippen molar-refractivity contribution in [2.75, 3.05) is 7.11 Å². The smallest absolute Gasteiger partial charge is 0.270 e. The first-order valence-electron chi connectivity index (χ1n) is 1.79. The Hall–Kier alpha value is -0.570. The summed E-state index contributed by atoms with van der Waals surface area (Å²) in [5.41, 5.74) is 2.07. The molecular weight excluding hydrogens is 128 g/mol. The third-order valence-electron chi connectivity index (χ3n) is 0.460. The van der Waals surface area contributed by atoms with Crippen LogP contribution < -0.4 is 0 Å². The molecule has 0 bridgehead atoms. The molecule has 0 aliphatic carbocycles. The van der Waals surface area contributed by atoms with Crippen LogP contribution in [0.15, 0.2) is 17.7 Å². The molecular formula is C4H6O3S.